The van der Waals surface area contributed by atoms with Gasteiger partial charge >= 0.3 is 0 Å². The number of benzene rings is 1. The van der Waals surface area contributed by atoms with Crippen molar-refractivity contribution < 1.29 is 0 Å². The van der Waals surface area contributed by atoms with Gasteiger partial charge in [0.15, 0.2) is 5.82 Å². The first-order valence-corrected chi connectivity index (χ1v) is 8.28. The molecule has 1 aromatic carbocycles. The molecule has 2 heterocycles. The number of fused-ring (bicyclic) bond motifs is 1. The monoisotopic (exact) mass is 436 g/mol. The van der Waals surface area contributed by atoms with Crippen molar-refractivity contribution in [2.45, 2.75) is 0 Å². The second-order valence-electron chi connectivity index (χ2n) is 3.73. The molecule has 3 rings (SSSR count). The summed E-state index contributed by atoms with van der Waals surface area (Å²) in [6.45, 7) is 0. The van der Waals surface area contributed by atoms with Crippen LogP contribution in [0.3, 0.4) is 0 Å². The van der Waals surface area contributed by atoms with Crippen LogP contribution in [0.4, 0.5) is 0 Å². The first kappa shape index (κ1) is 13.8. The van der Waals surface area contributed by atoms with Crippen LogP contribution in [0.25, 0.3) is 21.6 Å². The van der Waals surface area contributed by atoms with E-state index in [0.29, 0.717) is 15.3 Å². The molecule has 2 nitrogen and oxygen atoms in total. The third-order valence-corrected chi connectivity index (χ3v) is 5.04. The minimum absolute atomic E-state index is 0.423. The number of halogens is 4. The van der Waals surface area contributed by atoms with E-state index in [4.69, 9.17) is 23.2 Å². The van der Waals surface area contributed by atoms with Crippen LogP contribution in [-0.4, -0.2) is 9.97 Å². The van der Waals surface area contributed by atoms with Crippen molar-refractivity contribution in [1.82, 2.24) is 9.97 Å². The Morgan fingerprint density at radius 1 is 1.05 bits per heavy atom. The highest BCUT2D eigenvalue weighted by Crippen LogP contribution is 2.35. The number of hydrogen-bond donors (Lipinski definition) is 0. The zero-order valence-electron chi connectivity index (χ0n) is 9.12. The Morgan fingerprint density at radius 3 is 2.53 bits per heavy atom. The topological polar surface area (TPSA) is 25.8 Å². The van der Waals surface area contributed by atoms with Crippen molar-refractivity contribution in [3.05, 3.63) is 42.7 Å². The summed E-state index contributed by atoms with van der Waals surface area (Å²) in [6.07, 6.45) is 0. The van der Waals surface area contributed by atoms with E-state index in [9.17, 15) is 0 Å². The highest BCUT2D eigenvalue weighted by Gasteiger charge is 2.12. The van der Waals surface area contributed by atoms with Crippen LogP contribution in [0.1, 0.15) is 0 Å². The van der Waals surface area contributed by atoms with Crippen LogP contribution in [0, 0.1) is 0 Å². The summed E-state index contributed by atoms with van der Waals surface area (Å²) in [5, 5.41) is 1.22. The Hall–Kier alpha value is -0.200. The molecule has 0 radical (unpaired) electrons. The van der Waals surface area contributed by atoms with Gasteiger partial charge < -0.3 is 0 Å². The largest absolute Gasteiger partial charge is 0.226 e. The maximum Gasteiger partial charge on any atom is 0.171 e. The normalized spacial score (nSPS) is 11.2. The van der Waals surface area contributed by atoms with Crippen LogP contribution >= 0.6 is 66.4 Å². The first-order chi connectivity index (χ1) is 9.04. The highest BCUT2D eigenvalue weighted by atomic mass is 79.9. The van der Waals surface area contributed by atoms with Crippen LogP contribution in [0.2, 0.25) is 9.49 Å². The molecule has 0 aliphatic carbocycles. The Morgan fingerprint density at radius 2 is 1.84 bits per heavy atom. The zero-order valence-corrected chi connectivity index (χ0v) is 14.6. The van der Waals surface area contributed by atoms with Gasteiger partial charge in [-0.1, -0.05) is 39.1 Å². The fraction of sp³-hybridized carbons (Fsp3) is 0. The van der Waals surface area contributed by atoms with E-state index in [1.54, 1.807) is 0 Å². The van der Waals surface area contributed by atoms with E-state index < -0.39 is 0 Å². The first-order valence-electron chi connectivity index (χ1n) is 5.12. The van der Waals surface area contributed by atoms with Crippen molar-refractivity contribution in [2.75, 3.05) is 0 Å². The van der Waals surface area contributed by atoms with Gasteiger partial charge in [0, 0.05) is 14.3 Å². The molecular formula is C12H4Br2Cl2N2S. The molecule has 7 heteroatoms. The van der Waals surface area contributed by atoms with E-state index in [2.05, 4.69) is 41.8 Å². The fourth-order valence-corrected chi connectivity index (χ4v) is 4.18. The van der Waals surface area contributed by atoms with Crippen molar-refractivity contribution >= 4 is 77.3 Å². The summed E-state index contributed by atoms with van der Waals surface area (Å²) < 4.78 is 2.49. The molecule has 0 spiro atoms. The number of hydrogen-bond acceptors (Lipinski definition) is 3. The number of rotatable bonds is 1. The molecule has 0 N–H and O–H groups in total. The Bertz CT molecular complexity index is 789. The lowest BCUT2D eigenvalue weighted by atomic mass is 10.2. The summed E-state index contributed by atoms with van der Waals surface area (Å²) in [4.78, 5) is 9.77. The fourth-order valence-electron chi connectivity index (χ4n) is 1.67. The van der Waals surface area contributed by atoms with Gasteiger partial charge in [0.25, 0.3) is 0 Å². The van der Waals surface area contributed by atoms with Crippen LogP contribution in [-0.2, 0) is 0 Å². The molecule has 0 fully saturated rings. The quantitative estimate of drug-likeness (QED) is 0.423. The number of aromatic nitrogens is 2. The predicted molar refractivity (Wildman–Crippen MR) is 88.3 cm³/mol. The van der Waals surface area contributed by atoms with Gasteiger partial charge in [-0.3, -0.25) is 0 Å². The lowest BCUT2D eigenvalue weighted by molar-refractivity contribution is 1.23. The van der Waals surface area contributed by atoms with Gasteiger partial charge in [-0.25, -0.2) is 9.97 Å². The average molecular weight is 439 g/mol. The average Bonchev–Trinajstić information content (AvgIpc) is 2.77. The third kappa shape index (κ3) is 2.67. The van der Waals surface area contributed by atoms with Crippen LogP contribution < -0.4 is 0 Å². The molecule has 0 saturated heterocycles. The molecule has 19 heavy (non-hydrogen) atoms. The van der Waals surface area contributed by atoms with E-state index >= 15 is 0 Å². The molecule has 0 aliphatic rings. The Kier molecular flexibility index (Phi) is 3.84. The highest BCUT2D eigenvalue weighted by molar-refractivity contribution is 9.11. The Labute approximate surface area is 140 Å². The van der Waals surface area contributed by atoms with Gasteiger partial charge in [-0.05, 0) is 40.2 Å². The van der Waals surface area contributed by atoms with Gasteiger partial charge in [-0.2, -0.15) is 0 Å². The molecule has 3 aromatic rings. The predicted octanol–water partition coefficient (Wildman–Crippen LogP) is 6.19. The minimum Gasteiger partial charge on any atom is -0.226 e. The van der Waals surface area contributed by atoms with E-state index in [1.165, 1.54) is 11.3 Å². The van der Waals surface area contributed by atoms with Gasteiger partial charge in [0.05, 0.1) is 14.7 Å². The maximum absolute atomic E-state index is 6.24. The van der Waals surface area contributed by atoms with Crippen molar-refractivity contribution in [3.8, 4) is 10.7 Å². The van der Waals surface area contributed by atoms with Crippen LogP contribution in [0.15, 0.2) is 33.2 Å². The van der Waals surface area contributed by atoms with Gasteiger partial charge in [-0.15, -0.1) is 11.3 Å². The molecule has 2 aromatic heterocycles. The standard InChI is InChI=1S/C12H4Br2Cl2N2S/c13-5-3-6-10(7(14)4-5)17-12(18-11(6)16)8-1-2-9(15)19-8/h1-4H. The lowest BCUT2D eigenvalue weighted by Crippen LogP contribution is -1.91. The molecule has 0 saturated carbocycles. The molecule has 0 atom stereocenters. The van der Waals surface area contributed by atoms with Gasteiger partial charge in [0.2, 0.25) is 0 Å². The van der Waals surface area contributed by atoms with Crippen molar-refractivity contribution in [2.24, 2.45) is 0 Å². The zero-order chi connectivity index (χ0) is 13.6. The maximum atomic E-state index is 6.24. The molecule has 0 amide bonds. The van der Waals surface area contributed by atoms with Crippen LogP contribution in [0.5, 0.6) is 0 Å². The molecule has 96 valence electrons. The van der Waals surface area contributed by atoms with Crippen molar-refractivity contribution in [1.29, 1.82) is 0 Å². The molecule has 0 aliphatic heterocycles. The van der Waals surface area contributed by atoms with Crippen molar-refractivity contribution in [3.63, 3.8) is 0 Å². The van der Waals surface area contributed by atoms with Gasteiger partial charge in [0.1, 0.15) is 5.15 Å². The second-order valence-corrected chi connectivity index (χ2v) is 7.57. The molecule has 0 unspecified atom stereocenters. The number of nitrogens with zero attached hydrogens (tertiary/aromatic N) is 2. The summed E-state index contributed by atoms with van der Waals surface area (Å²) in [5.74, 6) is 0.581. The molecular weight excluding hydrogens is 435 g/mol. The van der Waals surface area contributed by atoms with E-state index in [-0.39, 0.29) is 0 Å². The van der Waals surface area contributed by atoms with E-state index in [1.807, 2.05) is 24.3 Å². The molecule has 0 bridgehead atoms. The minimum atomic E-state index is 0.423. The summed E-state index contributed by atoms with van der Waals surface area (Å²) in [7, 11) is 0. The number of thiophene rings is 1. The summed E-state index contributed by atoms with van der Waals surface area (Å²) in [5.41, 5.74) is 0.780. The second kappa shape index (κ2) is 5.30. The Balaban J connectivity index is 2.30. The smallest absolute Gasteiger partial charge is 0.171 e. The third-order valence-electron chi connectivity index (χ3n) is 2.47. The van der Waals surface area contributed by atoms with E-state index in [0.717, 1.165) is 24.7 Å². The summed E-state index contributed by atoms with van der Waals surface area (Å²) >= 11 is 20.5. The lowest BCUT2D eigenvalue weighted by Gasteiger charge is -2.05. The SMILES string of the molecule is Clc1ccc(-c2nc(Cl)c3cc(Br)cc(Br)c3n2)s1. The summed E-state index contributed by atoms with van der Waals surface area (Å²) in [6, 6.07) is 7.53.